The number of nitrogens with zero attached hydrogens (tertiary/aromatic N) is 1. The van der Waals surface area contributed by atoms with Crippen molar-refractivity contribution in [2.45, 2.75) is 31.0 Å². The number of halogens is 3. The van der Waals surface area contributed by atoms with Gasteiger partial charge in [0.25, 0.3) is 0 Å². The van der Waals surface area contributed by atoms with Crippen LogP contribution in [-0.4, -0.2) is 47.3 Å². The molecule has 0 saturated carbocycles. The van der Waals surface area contributed by atoms with Crippen molar-refractivity contribution in [2.24, 2.45) is 5.73 Å². The summed E-state index contributed by atoms with van der Waals surface area (Å²) in [4.78, 5) is 11.7. The Balaban J connectivity index is 2.55. The largest absolute Gasteiger partial charge is 0.481 e. The summed E-state index contributed by atoms with van der Waals surface area (Å²) >= 11 is 0. The van der Waals surface area contributed by atoms with Crippen molar-refractivity contribution in [3.05, 3.63) is 0 Å². The average Bonchev–Trinajstić information content (AvgIpc) is 1.96. The third-order valence-corrected chi connectivity index (χ3v) is 2.59. The van der Waals surface area contributed by atoms with E-state index in [9.17, 15) is 18.0 Å². The summed E-state index contributed by atoms with van der Waals surface area (Å²) in [6.45, 7) is -0.720. The topological polar surface area (TPSA) is 66.6 Å². The molecule has 0 bridgehead atoms. The predicted molar refractivity (Wildman–Crippen MR) is 50.9 cm³/mol. The number of nitrogens with two attached hydrogens (primary N) is 1. The minimum Gasteiger partial charge on any atom is -0.481 e. The van der Waals surface area contributed by atoms with Gasteiger partial charge in [0.1, 0.15) is 0 Å². The highest BCUT2D eigenvalue weighted by molar-refractivity contribution is 5.68. The number of likely N-dealkylation sites (tertiary alicyclic amines) is 1. The van der Waals surface area contributed by atoms with Gasteiger partial charge in [-0.1, -0.05) is 0 Å². The second kappa shape index (κ2) is 4.58. The molecule has 1 rings (SSSR count). The average molecular weight is 240 g/mol. The van der Waals surface area contributed by atoms with E-state index in [0.29, 0.717) is 19.4 Å². The number of carboxylic acids is 1. The fourth-order valence-electron chi connectivity index (χ4n) is 2.09. The van der Waals surface area contributed by atoms with E-state index in [4.69, 9.17) is 10.8 Å². The van der Waals surface area contributed by atoms with Gasteiger partial charge in [-0.25, -0.2) is 0 Å². The molecule has 0 spiro atoms. The van der Waals surface area contributed by atoms with Crippen LogP contribution in [0.4, 0.5) is 13.2 Å². The molecule has 94 valence electrons. The van der Waals surface area contributed by atoms with Crippen LogP contribution in [0.2, 0.25) is 0 Å². The van der Waals surface area contributed by atoms with Crippen molar-refractivity contribution in [2.75, 3.05) is 19.6 Å². The number of hydrogen-bond donors (Lipinski definition) is 2. The van der Waals surface area contributed by atoms with Crippen LogP contribution in [0.15, 0.2) is 0 Å². The molecule has 1 aliphatic heterocycles. The molecule has 16 heavy (non-hydrogen) atoms. The van der Waals surface area contributed by atoms with Crippen molar-refractivity contribution < 1.29 is 23.1 Å². The first-order valence-corrected chi connectivity index (χ1v) is 5.00. The monoisotopic (exact) mass is 240 g/mol. The maximum atomic E-state index is 12.2. The number of hydrogen-bond acceptors (Lipinski definition) is 3. The van der Waals surface area contributed by atoms with Gasteiger partial charge >= 0.3 is 12.1 Å². The molecule has 0 aromatic heterocycles. The molecule has 0 radical (unpaired) electrons. The van der Waals surface area contributed by atoms with E-state index in [2.05, 4.69) is 0 Å². The van der Waals surface area contributed by atoms with E-state index < -0.39 is 24.2 Å². The third-order valence-electron chi connectivity index (χ3n) is 2.59. The maximum Gasteiger partial charge on any atom is 0.401 e. The molecule has 0 aromatic rings. The van der Waals surface area contributed by atoms with Crippen LogP contribution in [0.3, 0.4) is 0 Å². The molecular formula is C9H15F3N2O2. The lowest BCUT2D eigenvalue weighted by Gasteiger charge is -2.39. The summed E-state index contributed by atoms with van der Waals surface area (Å²) in [5.41, 5.74) is 4.75. The second-order valence-corrected chi connectivity index (χ2v) is 4.36. The summed E-state index contributed by atoms with van der Waals surface area (Å²) in [5, 5.41) is 8.63. The van der Waals surface area contributed by atoms with Crippen molar-refractivity contribution >= 4 is 5.97 Å². The van der Waals surface area contributed by atoms with Crippen LogP contribution >= 0.6 is 0 Å². The van der Waals surface area contributed by atoms with Crippen molar-refractivity contribution in [1.82, 2.24) is 4.90 Å². The first-order chi connectivity index (χ1) is 7.20. The standard InChI is InChI=1S/C9H15F3N2O2/c10-9(11,12)6-14-3-1-2-8(13,5-14)4-7(15)16/h1-6,13H2,(H,15,16). The Morgan fingerprint density at radius 1 is 1.50 bits per heavy atom. The molecule has 0 amide bonds. The van der Waals surface area contributed by atoms with Crippen LogP contribution in [0, 0.1) is 0 Å². The summed E-state index contributed by atoms with van der Waals surface area (Å²) in [6.07, 6.45) is -3.60. The van der Waals surface area contributed by atoms with Crippen LogP contribution in [0.5, 0.6) is 0 Å². The van der Waals surface area contributed by atoms with E-state index in [1.54, 1.807) is 0 Å². The van der Waals surface area contributed by atoms with Gasteiger partial charge in [0.2, 0.25) is 0 Å². The van der Waals surface area contributed by atoms with E-state index >= 15 is 0 Å². The Morgan fingerprint density at radius 2 is 2.12 bits per heavy atom. The molecule has 1 fully saturated rings. The fraction of sp³-hybridized carbons (Fsp3) is 0.889. The molecule has 0 aliphatic carbocycles. The summed E-state index contributed by atoms with van der Waals surface area (Å²) in [5.74, 6) is -1.07. The van der Waals surface area contributed by atoms with E-state index in [1.807, 2.05) is 0 Å². The molecule has 1 heterocycles. The number of aliphatic carboxylic acids is 1. The molecule has 3 N–H and O–H groups in total. The van der Waals surface area contributed by atoms with E-state index in [1.165, 1.54) is 4.90 Å². The summed E-state index contributed by atoms with van der Waals surface area (Å²) in [6, 6.07) is 0. The lowest BCUT2D eigenvalue weighted by Crippen LogP contribution is -2.56. The van der Waals surface area contributed by atoms with Gasteiger partial charge in [-0.3, -0.25) is 9.69 Å². The highest BCUT2D eigenvalue weighted by Crippen LogP contribution is 2.25. The quantitative estimate of drug-likeness (QED) is 0.766. The van der Waals surface area contributed by atoms with Gasteiger partial charge in [-0.15, -0.1) is 0 Å². The molecule has 4 nitrogen and oxygen atoms in total. The molecule has 1 aliphatic rings. The molecule has 1 unspecified atom stereocenters. The minimum atomic E-state index is -4.26. The van der Waals surface area contributed by atoms with E-state index in [0.717, 1.165) is 0 Å². The zero-order valence-electron chi connectivity index (χ0n) is 8.76. The second-order valence-electron chi connectivity index (χ2n) is 4.36. The van der Waals surface area contributed by atoms with Crippen LogP contribution in [0.25, 0.3) is 0 Å². The first kappa shape index (κ1) is 13.2. The lowest BCUT2D eigenvalue weighted by molar-refractivity contribution is -0.151. The summed E-state index contributed by atoms with van der Waals surface area (Å²) in [7, 11) is 0. The number of carbonyl (C=O) groups is 1. The van der Waals surface area contributed by atoms with Crippen molar-refractivity contribution in [3.63, 3.8) is 0 Å². The molecule has 7 heteroatoms. The van der Waals surface area contributed by atoms with Crippen molar-refractivity contribution in [3.8, 4) is 0 Å². The third kappa shape index (κ3) is 4.36. The smallest absolute Gasteiger partial charge is 0.401 e. The number of carboxylic acid groups (broad SMARTS) is 1. The number of rotatable bonds is 3. The Bertz CT molecular complexity index is 270. The summed E-state index contributed by atoms with van der Waals surface area (Å²) < 4.78 is 36.5. The van der Waals surface area contributed by atoms with E-state index in [-0.39, 0.29) is 13.0 Å². The van der Waals surface area contributed by atoms with Crippen LogP contribution in [-0.2, 0) is 4.79 Å². The zero-order valence-corrected chi connectivity index (χ0v) is 8.76. The van der Waals surface area contributed by atoms with Gasteiger partial charge in [0, 0.05) is 12.1 Å². The SMILES string of the molecule is NC1(CC(=O)O)CCCN(CC(F)(F)F)C1. The van der Waals surface area contributed by atoms with Gasteiger partial charge in [0.15, 0.2) is 0 Å². The molecule has 1 atom stereocenters. The maximum absolute atomic E-state index is 12.2. The number of piperidine rings is 1. The first-order valence-electron chi connectivity index (χ1n) is 5.00. The fourth-order valence-corrected chi connectivity index (χ4v) is 2.09. The van der Waals surface area contributed by atoms with Gasteiger partial charge in [0.05, 0.1) is 13.0 Å². The molecule has 1 saturated heterocycles. The normalized spacial score (nSPS) is 28.0. The molecular weight excluding hydrogens is 225 g/mol. The van der Waals surface area contributed by atoms with Gasteiger partial charge in [-0.2, -0.15) is 13.2 Å². The van der Waals surface area contributed by atoms with Gasteiger partial charge < -0.3 is 10.8 Å². The Morgan fingerprint density at radius 3 is 2.62 bits per heavy atom. The minimum absolute atomic E-state index is 0.0151. The lowest BCUT2D eigenvalue weighted by atomic mass is 9.87. The Kier molecular flexibility index (Phi) is 3.80. The van der Waals surface area contributed by atoms with Crippen LogP contribution < -0.4 is 5.73 Å². The zero-order chi connectivity index (χ0) is 12.4. The van der Waals surface area contributed by atoms with Crippen LogP contribution in [0.1, 0.15) is 19.3 Å². The number of alkyl halides is 3. The Labute approximate surface area is 91.2 Å². The van der Waals surface area contributed by atoms with Gasteiger partial charge in [-0.05, 0) is 19.4 Å². The predicted octanol–water partition coefficient (Wildman–Crippen LogP) is 0.817. The van der Waals surface area contributed by atoms with Crippen molar-refractivity contribution in [1.29, 1.82) is 0 Å². The Hall–Kier alpha value is -0.820. The highest BCUT2D eigenvalue weighted by Gasteiger charge is 2.38. The molecule has 0 aromatic carbocycles. The highest BCUT2D eigenvalue weighted by atomic mass is 19.4.